The fourth-order valence-electron chi connectivity index (χ4n) is 2.05. The molecule has 1 atom stereocenters. The van der Waals surface area contributed by atoms with E-state index in [9.17, 15) is 9.59 Å². The van der Waals surface area contributed by atoms with Crippen molar-refractivity contribution in [3.05, 3.63) is 35.9 Å². The van der Waals surface area contributed by atoms with Crippen LogP contribution in [0.3, 0.4) is 0 Å². The summed E-state index contributed by atoms with van der Waals surface area (Å²) in [5.74, 6) is -0.326. The number of nitrogens with zero attached hydrogens (tertiary/aromatic N) is 3. The highest BCUT2D eigenvalue weighted by Gasteiger charge is 2.40. The van der Waals surface area contributed by atoms with Crippen LogP contribution >= 0.6 is 0 Å². The van der Waals surface area contributed by atoms with Crippen LogP contribution in [0.5, 0.6) is 0 Å². The number of amides is 1. The third-order valence-corrected chi connectivity index (χ3v) is 3.00. The predicted octanol–water partition coefficient (Wildman–Crippen LogP) is 1.03. The monoisotopic (exact) mass is 245 g/mol. The van der Waals surface area contributed by atoms with Gasteiger partial charge in [0, 0.05) is 21.0 Å². The second-order valence-corrected chi connectivity index (χ2v) is 4.23. The molecule has 94 valence electrons. The molecule has 5 nitrogen and oxygen atoms in total. The maximum Gasteiger partial charge on any atom is 0.244 e. The number of hydrogen-bond donors (Lipinski definition) is 0. The second kappa shape index (κ2) is 4.70. The molecule has 1 saturated heterocycles. The number of likely N-dealkylation sites (N-methyl/N-ethyl adjacent to an activating group) is 2. The Bertz CT molecular complexity index is 510. The van der Waals surface area contributed by atoms with Gasteiger partial charge in [0.25, 0.3) is 0 Å². The second-order valence-electron chi connectivity index (χ2n) is 4.23. The minimum absolute atomic E-state index is 0.151. The summed E-state index contributed by atoms with van der Waals surface area (Å²) < 4.78 is 0. The Labute approximate surface area is 106 Å². The molecule has 0 saturated carbocycles. The van der Waals surface area contributed by atoms with E-state index in [0.717, 1.165) is 5.56 Å². The number of hydrogen-bond acceptors (Lipinski definition) is 3. The van der Waals surface area contributed by atoms with Crippen molar-refractivity contribution in [3.8, 4) is 0 Å². The summed E-state index contributed by atoms with van der Waals surface area (Å²) >= 11 is 0. The third kappa shape index (κ3) is 2.04. The summed E-state index contributed by atoms with van der Waals surface area (Å²) in [5, 5.41) is 3.39. The van der Waals surface area contributed by atoms with E-state index in [1.54, 1.807) is 24.1 Å². The number of hydrazine groups is 1. The Balaban J connectivity index is 2.41. The Hall–Kier alpha value is -2.01. The highest BCUT2D eigenvalue weighted by Crippen LogP contribution is 2.28. The number of rotatable bonds is 1. The summed E-state index contributed by atoms with van der Waals surface area (Å²) in [4.78, 5) is 27.1. The lowest BCUT2D eigenvalue weighted by Gasteiger charge is -2.24. The van der Waals surface area contributed by atoms with Crippen LogP contribution in [-0.4, -0.2) is 41.6 Å². The van der Waals surface area contributed by atoms with Gasteiger partial charge in [0.2, 0.25) is 11.7 Å². The molecule has 0 aromatic heterocycles. The van der Waals surface area contributed by atoms with Crippen molar-refractivity contribution in [3.63, 3.8) is 0 Å². The number of benzene rings is 1. The molecular weight excluding hydrogens is 230 g/mol. The number of aliphatic imine (C=N–C) groups is 1. The van der Waals surface area contributed by atoms with Crippen molar-refractivity contribution in [2.24, 2.45) is 4.99 Å². The van der Waals surface area contributed by atoms with Crippen LogP contribution in [0.1, 0.15) is 18.5 Å². The van der Waals surface area contributed by atoms with Gasteiger partial charge in [-0.15, -0.1) is 0 Å². The molecule has 1 amide bonds. The van der Waals surface area contributed by atoms with E-state index < -0.39 is 6.04 Å². The smallest absolute Gasteiger partial charge is 0.244 e. The third-order valence-electron chi connectivity index (χ3n) is 3.00. The quantitative estimate of drug-likeness (QED) is 0.741. The number of amidine groups is 1. The molecule has 1 heterocycles. The van der Waals surface area contributed by atoms with Crippen LogP contribution in [0.2, 0.25) is 0 Å². The standard InChI is InChI=1S/C13H15N3O2/c1-9(17)14-13-12(18)11(15(2)16(13)3)10-7-5-4-6-8-10/h4-8,11H,1-3H3/t11-/m1/s1. The Morgan fingerprint density at radius 1 is 1.22 bits per heavy atom. The number of ketones is 1. The average molecular weight is 245 g/mol. The molecule has 0 bridgehead atoms. The molecule has 1 aliphatic heterocycles. The topological polar surface area (TPSA) is 53.0 Å². The molecule has 0 spiro atoms. The first-order valence-electron chi connectivity index (χ1n) is 5.67. The molecule has 5 heteroatoms. The zero-order valence-corrected chi connectivity index (χ0v) is 10.6. The minimum Gasteiger partial charge on any atom is -0.289 e. The highest BCUT2D eigenvalue weighted by atomic mass is 16.2. The van der Waals surface area contributed by atoms with Crippen molar-refractivity contribution < 1.29 is 9.59 Å². The van der Waals surface area contributed by atoms with E-state index in [1.165, 1.54) is 6.92 Å². The van der Waals surface area contributed by atoms with E-state index in [0.29, 0.717) is 0 Å². The van der Waals surface area contributed by atoms with Crippen LogP contribution in [-0.2, 0) is 9.59 Å². The molecule has 1 aromatic rings. The molecule has 0 N–H and O–H groups in total. The largest absolute Gasteiger partial charge is 0.289 e. The summed E-state index contributed by atoms with van der Waals surface area (Å²) in [5.41, 5.74) is 0.894. The molecule has 0 unspecified atom stereocenters. The highest BCUT2D eigenvalue weighted by molar-refractivity contribution is 6.43. The van der Waals surface area contributed by atoms with Crippen molar-refractivity contribution in [2.75, 3.05) is 14.1 Å². The SMILES string of the molecule is CC(=O)N=C1C(=O)[C@@H](c2ccccc2)N(C)N1C. The molecular formula is C13H15N3O2. The van der Waals surface area contributed by atoms with Gasteiger partial charge in [0.05, 0.1) is 0 Å². The van der Waals surface area contributed by atoms with Gasteiger partial charge in [-0.25, -0.2) is 5.01 Å². The molecule has 0 aliphatic carbocycles. The van der Waals surface area contributed by atoms with E-state index in [2.05, 4.69) is 4.99 Å². The van der Waals surface area contributed by atoms with Gasteiger partial charge < -0.3 is 0 Å². The van der Waals surface area contributed by atoms with E-state index in [4.69, 9.17) is 0 Å². The molecule has 0 radical (unpaired) electrons. The van der Waals surface area contributed by atoms with Gasteiger partial charge in [-0.2, -0.15) is 4.99 Å². The Kier molecular flexibility index (Phi) is 3.25. The van der Waals surface area contributed by atoms with Crippen LogP contribution in [0.4, 0.5) is 0 Å². The molecule has 18 heavy (non-hydrogen) atoms. The van der Waals surface area contributed by atoms with Gasteiger partial charge in [-0.1, -0.05) is 30.3 Å². The first kappa shape index (κ1) is 12.4. The first-order valence-corrected chi connectivity index (χ1v) is 5.67. The lowest BCUT2D eigenvalue weighted by Crippen LogP contribution is -2.33. The predicted molar refractivity (Wildman–Crippen MR) is 67.8 cm³/mol. The van der Waals surface area contributed by atoms with E-state index in [-0.39, 0.29) is 17.5 Å². The number of carbonyl (C=O) groups is 2. The summed E-state index contributed by atoms with van der Waals surface area (Å²) in [7, 11) is 3.53. The fraction of sp³-hybridized carbons (Fsp3) is 0.308. The molecule has 1 fully saturated rings. The minimum atomic E-state index is -0.408. The average Bonchev–Trinajstić information content (AvgIpc) is 2.54. The Morgan fingerprint density at radius 2 is 1.83 bits per heavy atom. The van der Waals surface area contributed by atoms with Crippen LogP contribution in [0.15, 0.2) is 35.3 Å². The van der Waals surface area contributed by atoms with Gasteiger partial charge in [-0.05, 0) is 5.56 Å². The van der Waals surface area contributed by atoms with E-state index >= 15 is 0 Å². The maximum atomic E-state index is 12.3. The van der Waals surface area contributed by atoms with Gasteiger partial charge in [0.15, 0.2) is 5.84 Å². The van der Waals surface area contributed by atoms with Crippen molar-refractivity contribution >= 4 is 17.5 Å². The molecule has 2 rings (SSSR count). The van der Waals surface area contributed by atoms with Gasteiger partial charge in [-0.3, -0.25) is 14.6 Å². The Morgan fingerprint density at radius 3 is 2.39 bits per heavy atom. The zero-order valence-electron chi connectivity index (χ0n) is 10.6. The lowest BCUT2D eigenvalue weighted by molar-refractivity contribution is -0.117. The van der Waals surface area contributed by atoms with Crippen molar-refractivity contribution in [1.29, 1.82) is 0 Å². The lowest BCUT2D eigenvalue weighted by atomic mass is 10.0. The normalized spacial score (nSPS) is 22.8. The first-order chi connectivity index (χ1) is 8.52. The van der Waals surface area contributed by atoms with Crippen LogP contribution < -0.4 is 0 Å². The van der Waals surface area contributed by atoms with Crippen molar-refractivity contribution in [2.45, 2.75) is 13.0 Å². The van der Waals surface area contributed by atoms with Crippen LogP contribution in [0, 0.1) is 0 Å². The fourth-order valence-corrected chi connectivity index (χ4v) is 2.05. The molecule has 1 aliphatic rings. The zero-order chi connectivity index (χ0) is 13.3. The summed E-state index contributed by atoms with van der Waals surface area (Å²) in [6, 6.07) is 9.05. The summed E-state index contributed by atoms with van der Waals surface area (Å²) in [6.45, 7) is 1.34. The van der Waals surface area contributed by atoms with Gasteiger partial charge in [0.1, 0.15) is 6.04 Å². The van der Waals surface area contributed by atoms with Crippen LogP contribution in [0.25, 0.3) is 0 Å². The summed E-state index contributed by atoms with van der Waals surface area (Å²) in [6.07, 6.45) is 0. The van der Waals surface area contributed by atoms with Crippen molar-refractivity contribution in [1.82, 2.24) is 10.0 Å². The number of carbonyl (C=O) groups excluding carboxylic acids is 2. The molecule has 1 aromatic carbocycles. The maximum absolute atomic E-state index is 12.3. The van der Waals surface area contributed by atoms with E-state index in [1.807, 2.05) is 30.3 Å². The number of Topliss-reactive ketones (excluding diaryl/α,β-unsaturated/α-hetero) is 1. The van der Waals surface area contributed by atoms with Gasteiger partial charge >= 0.3 is 0 Å².